The van der Waals surface area contributed by atoms with Crippen molar-refractivity contribution in [3.63, 3.8) is 0 Å². The minimum atomic E-state index is 0.106. The Morgan fingerprint density at radius 1 is 1.28 bits per heavy atom. The fraction of sp³-hybridized carbons (Fsp3) is 0.571. The average Bonchev–Trinajstić information content (AvgIpc) is 2.59. The Morgan fingerprint density at radius 3 is 2.83 bits per heavy atom. The predicted octanol–water partition coefficient (Wildman–Crippen LogP) is 4.29. The van der Waals surface area contributed by atoms with Crippen LogP contribution in [0.25, 0.3) is 0 Å². The molecule has 2 nitrogen and oxygen atoms in total. The normalized spacial score (nSPS) is 24.8. The summed E-state index contributed by atoms with van der Waals surface area (Å²) in [6.07, 6.45) is 3.49. The van der Waals surface area contributed by atoms with Crippen molar-refractivity contribution in [3.05, 3.63) is 33.8 Å². The van der Waals surface area contributed by atoms with E-state index in [9.17, 15) is 0 Å². The number of methoxy groups -OCH3 is 1. The summed E-state index contributed by atoms with van der Waals surface area (Å²) < 4.78 is 11.1. The van der Waals surface area contributed by atoms with Gasteiger partial charge in [0.2, 0.25) is 0 Å². The van der Waals surface area contributed by atoms with Gasteiger partial charge in [0.15, 0.2) is 0 Å². The van der Waals surface area contributed by atoms with E-state index in [1.165, 1.54) is 12.0 Å². The Kier molecular flexibility index (Phi) is 5.31. The molecule has 0 amide bonds. The second-order valence-electron chi connectivity index (χ2n) is 4.64. The third kappa shape index (κ3) is 3.39. The van der Waals surface area contributed by atoms with E-state index in [1.54, 1.807) is 7.11 Å². The van der Waals surface area contributed by atoms with E-state index < -0.39 is 0 Å². The largest absolute Gasteiger partial charge is 0.382 e. The van der Waals surface area contributed by atoms with Gasteiger partial charge in [-0.05, 0) is 30.5 Å². The first-order valence-corrected chi connectivity index (χ1v) is 7.03. The fourth-order valence-electron chi connectivity index (χ4n) is 2.46. The summed E-state index contributed by atoms with van der Waals surface area (Å²) in [5.74, 6) is 0.335. The van der Waals surface area contributed by atoms with Gasteiger partial charge < -0.3 is 9.47 Å². The van der Waals surface area contributed by atoms with Gasteiger partial charge in [-0.25, -0.2) is 0 Å². The maximum atomic E-state index is 6.09. The average molecular weight is 289 g/mol. The molecule has 2 atom stereocenters. The summed E-state index contributed by atoms with van der Waals surface area (Å²) in [5, 5.41) is 1.20. The van der Waals surface area contributed by atoms with Crippen LogP contribution < -0.4 is 0 Å². The maximum absolute atomic E-state index is 6.09. The second-order valence-corrected chi connectivity index (χ2v) is 5.45. The molecule has 0 spiro atoms. The molecule has 18 heavy (non-hydrogen) atoms. The Bertz CT molecular complexity index is 395. The van der Waals surface area contributed by atoms with Crippen LogP contribution in [-0.4, -0.2) is 26.4 Å². The first-order valence-electron chi connectivity index (χ1n) is 6.28. The summed E-state index contributed by atoms with van der Waals surface area (Å²) >= 11 is 12.1. The molecule has 100 valence electrons. The van der Waals surface area contributed by atoms with Gasteiger partial charge in [0.1, 0.15) is 0 Å². The Balaban J connectivity index is 2.22. The van der Waals surface area contributed by atoms with E-state index in [2.05, 4.69) is 0 Å². The summed E-state index contributed by atoms with van der Waals surface area (Å²) in [5.41, 5.74) is 1.19. The van der Waals surface area contributed by atoms with Gasteiger partial charge in [0, 0.05) is 19.6 Å². The van der Waals surface area contributed by atoms with E-state index in [-0.39, 0.29) is 6.10 Å². The topological polar surface area (TPSA) is 18.5 Å². The van der Waals surface area contributed by atoms with Crippen molar-refractivity contribution in [1.82, 2.24) is 0 Å². The highest BCUT2D eigenvalue weighted by Crippen LogP contribution is 2.34. The number of halogens is 2. The molecule has 1 aromatic rings. The van der Waals surface area contributed by atoms with Gasteiger partial charge >= 0.3 is 0 Å². The number of rotatable bonds is 3. The second kappa shape index (κ2) is 6.76. The molecule has 1 heterocycles. The molecular formula is C14H18Cl2O2. The summed E-state index contributed by atoms with van der Waals surface area (Å²) in [4.78, 5) is 0. The van der Waals surface area contributed by atoms with Crippen molar-refractivity contribution in [1.29, 1.82) is 0 Å². The molecule has 0 N–H and O–H groups in total. The number of hydrogen-bond donors (Lipinski definition) is 0. The summed E-state index contributed by atoms with van der Waals surface area (Å²) in [7, 11) is 1.71. The third-order valence-corrected chi connectivity index (χ3v) is 4.13. The van der Waals surface area contributed by atoms with Crippen molar-refractivity contribution in [2.45, 2.75) is 31.3 Å². The molecule has 4 heteroatoms. The van der Waals surface area contributed by atoms with Crippen LogP contribution >= 0.6 is 23.2 Å². The lowest BCUT2D eigenvalue weighted by Crippen LogP contribution is -2.26. The van der Waals surface area contributed by atoms with Crippen LogP contribution in [0.1, 0.15) is 30.7 Å². The standard InChI is InChI=1S/C14H18Cl2O2/c1-17-9-14-11(4-2-3-7-18-14)10-5-6-12(15)13(16)8-10/h5-6,8,11,14H,2-4,7,9H2,1H3/t11?,14-/m0/s1. The van der Waals surface area contributed by atoms with Gasteiger partial charge in [-0.15, -0.1) is 0 Å². The molecule has 1 unspecified atom stereocenters. The zero-order chi connectivity index (χ0) is 13.0. The van der Waals surface area contributed by atoms with Gasteiger partial charge in [-0.2, -0.15) is 0 Å². The van der Waals surface area contributed by atoms with Gasteiger partial charge in [0.05, 0.1) is 22.8 Å². The maximum Gasteiger partial charge on any atom is 0.0876 e. The van der Waals surface area contributed by atoms with Crippen molar-refractivity contribution < 1.29 is 9.47 Å². The van der Waals surface area contributed by atoms with Crippen molar-refractivity contribution in [2.75, 3.05) is 20.3 Å². The number of ether oxygens (including phenoxy) is 2. The molecule has 0 bridgehead atoms. The highest BCUT2D eigenvalue weighted by Gasteiger charge is 2.26. The summed E-state index contributed by atoms with van der Waals surface area (Å²) in [6.45, 7) is 1.43. The minimum Gasteiger partial charge on any atom is -0.382 e. The van der Waals surface area contributed by atoms with Crippen LogP contribution in [0, 0.1) is 0 Å². The summed E-state index contributed by atoms with van der Waals surface area (Å²) in [6, 6.07) is 5.84. The first kappa shape index (κ1) is 14.1. The highest BCUT2D eigenvalue weighted by atomic mass is 35.5. The zero-order valence-corrected chi connectivity index (χ0v) is 12.0. The van der Waals surface area contributed by atoms with E-state index in [4.69, 9.17) is 32.7 Å². The lowest BCUT2D eigenvalue weighted by Gasteiger charge is -2.25. The van der Waals surface area contributed by atoms with Crippen LogP contribution in [0.15, 0.2) is 18.2 Å². The molecule has 0 radical (unpaired) electrons. The van der Waals surface area contributed by atoms with Crippen molar-refractivity contribution in [3.8, 4) is 0 Å². The lowest BCUT2D eigenvalue weighted by atomic mass is 9.89. The predicted molar refractivity (Wildman–Crippen MR) is 74.7 cm³/mol. The van der Waals surface area contributed by atoms with Crippen molar-refractivity contribution in [2.24, 2.45) is 0 Å². The van der Waals surface area contributed by atoms with Crippen LogP contribution in [0.5, 0.6) is 0 Å². The molecule has 0 aromatic heterocycles. The Morgan fingerprint density at radius 2 is 2.11 bits per heavy atom. The Hall–Kier alpha value is -0.280. The molecule has 0 aliphatic carbocycles. The van der Waals surface area contributed by atoms with Crippen LogP contribution in [0.4, 0.5) is 0 Å². The smallest absolute Gasteiger partial charge is 0.0876 e. The fourth-order valence-corrected chi connectivity index (χ4v) is 2.76. The number of benzene rings is 1. The molecule has 1 aromatic carbocycles. The van der Waals surface area contributed by atoms with Crippen LogP contribution in [0.2, 0.25) is 10.0 Å². The number of hydrogen-bond acceptors (Lipinski definition) is 2. The molecular weight excluding hydrogens is 271 g/mol. The zero-order valence-electron chi connectivity index (χ0n) is 10.5. The molecule has 1 aliphatic rings. The van der Waals surface area contributed by atoms with E-state index in [0.717, 1.165) is 19.4 Å². The Labute approximate surface area is 118 Å². The van der Waals surface area contributed by atoms with Crippen LogP contribution in [-0.2, 0) is 9.47 Å². The van der Waals surface area contributed by atoms with Crippen LogP contribution in [0.3, 0.4) is 0 Å². The lowest BCUT2D eigenvalue weighted by molar-refractivity contribution is -0.00863. The minimum absolute atomic E-state index is 0.106. The van der Waals surface area contributed by atoms with Gasteiger partial charge in [-0.3, -0.25) is 0 Å². The quantitative estimate of drug-likeness (QED) is 0.826. The van der Waals surface area contributed by atoms with E-state index in [1.807, 2.05) is 18.2 Å². The molecule has 0 saturated carbocycles. The molecule has 1 aliphatic heterocycles. The molecule has 1 fully saturated rings. The monoisotopic (exact) mass is 288 g/mol. The van der Waals surface area contributed by atoms with E-state index >= 15 is 0 Å². The van der Waals surface area contributed by atoms with Gasteiger partial charge in [0.25, 0.3) is 0 Å². The van der Waals surface area contributed by atoms with Gasteiger partial charge in [-0.1, -0.05) is 35.7 Å². The van der Waals surface area contributed by atoms with E-state index in [0.29, 0.717) is 22.6 Å². The third-order valence-electron chi connectivity index (χ3n) is 3.39. The first-order chi connectivity index (χ1) is 8.72. The SMILES string of the molecule is COC[C@@H]1OCCCCC1c1ccc(Cl)c(Cl)c1. The molecule has 2 rings (SSSR count). The van der Waals surface area contributed by atoms with Crippen molar-refractivity contribution >= 4 is 23.2 Å². The highest BCUT2D eigenvalue weighted by molar-refractivity contribution is 6.42. The molecule has 1 saturated heterocycles.